The molecule has 0 atom stereocenters. The second-order valence-corrected chi connectivity index (χ2v) is 5.70. The minimum absolute atomic E-state index is 0.0931. The van der Waals surface area contributed by atoms with E-state index in [0.29, 0.717) is 19.6 Å². The van der Waals surface area contributed by atoms with Crippen LogP contribution < -0.4 is 20.7 Å². The lowest BCUT2D eigenvalue weighted by atomic mass is 10.2. The van der Waals surface area contributed by atoms with Crippen molar-refractivity contribution in [3.05, 3.63) is 18.2 Å². The van der Waals surface area contributed by atoms with Gasteiger partial charge in [0.05, 0.1) is 0 Å². The number of thioether (sulfide) groups is 1. The van der Waals surface area contributed by atoms with E-state index in [1.165, 1.54) is 4.90 Å². The van der Waals surface area contributed by atoms with E-state index in [1.807, 2.05) is 12.1 Å². The highest BCUT2D eigenvalue weighted by Crippen LogP contribution is 2.34. The smallest absolute Gasteiger partial charge is 0.233 e. The summed E-state index contributed by atoms with van der Waals surface area (Å²) < 4.78 is 11.0. The van der Waals surface area contributed by atoms with Crippen LogP contribution in [0.4, 0.5) is 0 Å². The molecular weight excluding hydrogens is 276 g/mol. The predicted octanol–water partition coefficient (Wildman–Crippen LogP) is 2.10. The minimum Gasteiger partial charge on any atom is -0.486 e. The number of rotatable bonds is 7. The average Bonchev–Trinajstić information content (AvgIpc) is 2.50. The number of ether oxygens (including phenoxy) is 2. The third kappa shape index (κ3) is 4.61. The maximum absolute atomic E-state index is 10.9. The minimum atomic E-state index is -0.0931. The van der Waals surface area contributed by atoms with E-state index in [9.17, 15) is 4.79 Å². The number of fused-ring (bicyclic) bond motifs is 1. The molecule has 0 bridgehead atoms. The molecule has 6 heteroatoms. The molecule has 0 saturated heterocycles. The van der Waals surface area contributed by atoms with Crippen LogP contribution in [0.25, 0.3) is 0 Å². The molecule has 0 unspecified atom stereocenters. The maximum Gasteiger partial charge on any atom is 0.233 e. The van der Waals surface area contributed by atoms with E-state index >= 15 is 0 Å². The van der Waals surface area contributed by atoms with Gasteiger partial charge in [-0.15, -0.1) is 11.8 Å². The van der Waals surface area contributed by atoms with Crippen LogP contribution in [-0.2, 0) is 4.79 Å². The number of hydrazine groups is 1. The van der Waals surface area contributed by atoms with Gasteiger partial charge in [0, 0.05) is 11.3 Å². The van der Waals surface area contributed by atoms with E-state index in [0.717, 1.165) is 36.5 Å². The fraction of sp³-hybridized carbons (Fsp3) is 0.500. The van der Waals surface area contributed by atoms with Crippen molar-refractivity contribution in [3.63, 3.8) is 0 Å². The normalized spacial score (nSPS) is 13.1. The van der Waals surface area contributed by atoms with E-state index in [-0.39, 0.29) is 5.91 Å². The van der Waals surface area contributed by atoms with Gasteiger partial charge in [0.15, 0.2) is 11.5 Å². The lowest BCUT2D eigenvalue weighted by Crippen LogP contribution is -2.29. The molecular formula is C14H20N2O3S. The first-order chi connectivity index (χ1) is 9.79. The molecule has 110 valence electrons. The number of carbonyl (C=O) groups excluding carboxylic acids is 1. The Hall–Kier alpha value is -1.40. The SMILES string of the molecule is NNC(=O)CCCCCSc1ccc2c(c1)OCCO2. The predicted molar refractivity (Wildman–Crippen MR) is 79.0 cm³/mol. The Morgan fingerprint density at radius 1 is 1.20 bits per heavy atom. The van der Waals surface area contributed by atoms with Gasteiger partial charge in [0.1, 0.15) is 13.2 Å². The summed E-state index contributed by atoms with van der Waals surface area (Å²) in [6, 6.07) is 6.05. The number of nitrogens with two attached hydrogens (primary N) is 1. The first-order valence-electron chi connectivity index (χ1n) is 6.81. The van der Waals surface area contributed by atoms with E-state index in [2.05, 4.69) is 11.5 Å². The molecule has 3 N–H and O–H groups in total. The van der Waals surface area contributed by atoms with Gasteiger partial charge in [-0.3, -0.25) is 10.2 Å². The van der Waals surface area contributed by atoms with Crippen molar-refractivity contribution in [2.75, 3.05) is 19.0 Å². The van der Waals surface area contributed by atoms with Crippen LogP contribution in [0.2, 0.25) is 0 Å². The molecule has 5 nitrogen and oxygen atoms in total. The van der Waals surface area contributed by atoms with Gasteiger partial charge < -0.3 is 9.47 Å². The van der Waals surface area contributed by atoms with E-state index < -0.39 is 0 Å². The van der Waals surface area contributed by atoms with Crippen LogP contribution in [0.15, 0.2) is 23.1 Å². The maximum atomic E-state index is 10.9. The fourth-order valence-corrected chi connectivity index (χ4v) is 2.88. The summed E-state index contributed by atoms with van der Waals surface area (Å²) in [5, 5.41) is 0. The number of hydrogen-bond acceptors (Lipinski definition) is 5. The lowest BCUT2D eigenvalue weighted by Gasteiger charge is -2.18. The summed E-state index contributed by atoms with van der Waals surface area (Å²) in [5.74, 6) is 7.62. The highest BCUT2D eigenvalue weighted by molar-refractivity contribution is 7.99. The van der Waals surface area contributed by atoms with E-state index in [4.69, 9.17) is 15.3 Å². The Kier molecular flexibility index (Phi) is 6.01. The second-order valence-electron chi connectivity index (χ2n) is 4.53. The van der Waals surface area contributed by atoms with Crippen LogP contribution in [0.5, 0.6) is 11.5 Å². The third-order valence-electron chi connectivity index (χ3n) is 2.99. The van der Waals surface area contributed by atoms with E-state index in [1.54, 1.807) is 11.8 Å². The molecule has 1 heterocycles. The molecule has 0 fully saturated rings. The zero-order chi connectivity index (χ0) is 14.2. The first-order valence-corrected chi connectivity index (χ1v) is 7.80. The molecule has 2 rings (SSSR count). The zero-order valence-corrected chi connectivity index (χ0v) is 12.2. The second kappa shape index (κ2) is 8.01. The third-order valence-corrected chi connectivity index (χ3v) is 4.07. The fourth-order valence-electron chi connectivity index (χ4n) is 1.94. The molecule has 1 amide bonds. The van der Waals surface area contributed by atoms with Crippen molar-refractivity contribution in [2.45, 2.75) is 30.6 Å². The first kappa shape index (κ1) is 15.0. The van der Waals surface area contributed by atoms with Crippen molar-refractivity contribution in [1.82, 2.24) is 5.43 Å². The van der Waals surface area contributed by atoms with Gasteiger partial charge in [0.25, 0.3) is 0 Å². The molecule has 0 spiro atoms. The van der Waals surface area contributed by atoms with Gasteiger partial charge in [-0.1, -0.05) is 6.42 Å². The molecule has 1 aliphatic heterocycles. The van der Waals surface area contributed by atoms with Gasteiger partial charge in [-0.2, -0.15) is 0 Å². The monoisotopic (exact) mass is 296 g/mol. The standard InChI is InChI=1S/C14H20N2O3S/c15-16-14(17)4-2-1-3-9-20-11-5-6-12-13(10-11)19-8-7-18-12/h5-6,10H,1-4,7-9,15H2,(H,16,17). The number of unbranched alkanes of at least 4 members (excludes halogenated alkanes) is 2. The van der Waals surface area contributed by atoms with Crippen molar-refractivity contribution in [3.8, 4) is 11.5 Å². The molecule has 1 aromatic rings. The van der Waals surface area contributed by atoms with Crippen molar-refractivity contribution in [2.24, 2.45) is 5.84 Å². The van der Waals surface area contributed by atoms with Gasteiger partial charge in [-0.25, -0.2) is 5.84 Å². The van der Waals surface area contributed by atoms with Gasteiger partial charge >= 0.3 is 0 Å². The molecule has 1 aliphatic rings. The summed E-state index contributed by atoms with van der Waals surface area (Å²) in [7, 11) is 0. The Morgan fingerprint density at radius 3 is 2.80 bits per heavy atom. The number of amides is 1. The molecule has 0 radical (unpaired) electrons. The summed E-state index contributed by atoms with van der Waals surface area (Å²) in [6.07, 6.45) is 3.50. The van der Waals surface area contributed by atoms with Crippen molar-refractivity contribution < 1.29 is 14.3 Å². The summed E-state index contributed by atoms with van der Waals surface area (Å²) in [6.45, 7) is 1.24. The molecule has 0 aromatic heterocycles. The van der Waals surface area contributed by atoms with Crippen LogP contribution in [-0.4, -0.2) is 24.9 Å². The van der Waals surface area contributed by atoms with Crippen molar-refractivity contribution in [1.29, 1.82) is 0 Å². The molecule has 0 aliphatic carbocycles. The highest BCUT2D eigenvalue weighted by Gasteiger charge is 2.11. The average molecular weight is 296 g/mol. The Balaban J connectivity index is 1.65. The van der Waals surface area contributed by atoms with Crippen molar-refractivity contribution >= 4 is 17.7 Å². The number of carbonyl (C=O) groups is 1. The van der Waals surface area contributed by atoms with Crippen LogP contribution in [0, 0.1) is 0 Å². The van der Waals surface area contributed by atoms with Crippen LogP contribution in [0.3, 0.4) is 0 Å². The zero-order valence-electron chi connectivity index (χ0n) is 11.4. The Bertz CT molecular complexity index is 454. The largest absolute Gasteiger partial charge is 0.486 e. The highest BCUT2D eigenvalue weighted by atomic mass is 32.2. The Labute approximate surface area is 123 Å². The van der Waals surface area contributed by atoms with Crippen LogP contribution >= 0.6 is 11.8 Å². The quantitative estimate of drug-likeness (QED) is 0.265. The summed E-state index contributed by atoms with van der Waals surface area (Å²) in [4.78, 5) is 12.1. The lowest BCUT2D eigenvalue weighted by molar-refractivity contribution is -0.121. The number of benzene rings is 1. The van der Waals surface area contributed by atoms with Crippen LogP contribution in [0.1, 0.15) is 25.7 Å². The van der Waals surface area contributed by atoms with Gasteiger partial charge in [-0.05, 0) is 36.8 Å². The topological polar surface area (TPSA) is 73.6 Å². The Morgan fingerprint density at radius 2 is 2.00 bits per heavy atom. The van der Waals surface area contributed by atoms with Gasteiger partial charge in [0.2, 0.25) is 5.91 Å². The number of nitrogens with one attached hydrogen (secondary N) is 1. The number of hydrogen-bond donors (Lipinski definition) is 2. The summed E-state index contributed by atoms with van der Waals surface area (Å²) >= 11 is 1.80. The molecule has 1 aromatic carbocycles. The molecule has 20 heavy (non-hydrogen) atoms. The summed E-state index contributed by atoms with van der Waals surface area (Å²) in [5.41, 5.74) is 2.14. The molecule has 0 saturated carbocycles.